The van der Waals surface area contributed by atoms with E-state index in [-0.39, 0.29) is 12.0 Å². The van der Waals surface area contributed by atoms with E-state index >= 15 is 0 Å². The maximum Gasteiger partial charge on any atom is 0.221 e. The molecule has 1 atom stereocenters. The molecule has 1 aromatic rings. The fourth-order valence-electron chi connectivity index (χ4n) is 2.06. The van der Waals surface area contributed by atoms with Crippen molar-refractivity contribution >= 4 is 11.9 Å². The molecule has 1 aromatic carbocycles. The highest BCUT2D eigenvalue weighted by atomic mass is 16.5. The number of hydrogen-bond donors (Lipinski definition) is 3. The van der Waals surface area contributed by atoms with Crippen molar-refractivity contribution in [2.24, 2.45) is 4.99 Å². The number of amides is 1. The zero-order valence-electron chi connectivity index (χ0n) is 15.2. The normalized spacial score (nSPS) is 12.4. The van der Waals surface area contributed by atoms with E-state index in [0.717, 1.165) is 24.3 Å². The summed E-state index contributed by atoms with van der Waals surface area (Å²) in [7, 11) is 1.71. The number of nitrogens with zero attached hydrogens (tertiary/aromatic N) is 1. The molecule has 0 aliphatic heterocycles. The average Bonchev–Trinajstić information content (AvgIpc) is 2.58. The van der Waals surface area contributed by atoms with Crippen molar-refractivity contribution in [2.75, 3.05) is 26.7 Å². The molecule has 0 heterocycles. The van der Waals surface area contributed by atoms with Crippen LogP contribution in [0, 0.1) is 6.92 Å². The number of ether oxygens (including phenoxy) is 1. The Kier molecular flexibility index (Phi) is 9.34. The van der Waals surface area contributed by atoms with Crippen LogP contribution in [0.25, 0.3) is 0 Å². The number of benzene rings is 1. The first-order valence-electron chi connectivity index (χ1n) is 8.50. The molecule has 0 saturated heterocycles. The first-order chi connectivity index (χ1) is 11.6. The molecular formula is C18H30N4O2. The van der Waals surface area contributed by atoms with E-state index in [4.69, 9.17) is 4.74 Å². The summed E-state index contributed by atoms with van der Waals surface area (Å²) in [5.74, 6) is 1.61. The van der Waals surface area contributed by atoms with E-state index < -0.39 is 0 Å². The van der Waals surface area contributed by atoms with Gasteiger partial charge in [0.15, 0.2) is 5.96 Å². The SMILES string of the molecule is CCCNC(=O)CCNC(=NC)NCC(C)Oc1ccccc1C. The van der Waals surface area contributed by atoms with Crippen molar-refractivity contribution in [3.63, 3.8) is 0 Å². The van der Waals surface area contributed by atoms with Gasteiger partial charge in [-0.1, -0.05) is 25.1 Å². The van der Waals surface area contributed by atoms with Gasteiger partial charge in [0.1, 0.15) is 11.9 Å². The van der Waals surface area contributed by atoms with Crippen molar-refractivity contribution in [3.8, 4) is 5.75 Å². The van der Waals surface area contributed by atoms with Gasteiger partial charge < -0.3 is 20.7 Å². The zero-order chi connectivity index (χ0) is 17.8. The Morgan fingerprint density at radius 3 is 2.62 bits per heavy atom. The van der Waals surface area contributed by atoms with Crippen LogP contribution in [0.3, 0.4) is 0 Å². The fraction of sp³-hybridized carbons (Fsp3) is 0.556. The second kappa shape index (κ2) is 11.3. The number of carbonyl (C=O) groups is 1. The van der Waals surface area contributed by atoms with Crippen LogP contribution in [0.2, 0.25) is 0 Å². The Morgan fingerprint density at radius 2 is 1.96 bits per heavy atom. The van der Waals surface area contributed by atoms with Crippen LogP contribution in [0.15, 0.2) is 29.3 Å². The van der Waals surface area contributed by atoms with Crippen LogP contribution in [0.5, 0.6) is 5.75 Å². The summed E-state index contributed by atoms with van der Waals surface area (Å²) in [6.45, 7) is 7.95. The van der Waals surface area contributed by atoms with E-state index in [1.54, 1.807) is 7.05 Å². The quantitative estimate of drug-likeness (QED) is 0.476. The van der Waals surface area contributed by atoms with Crippen molar-refractivity contribution in [3.05, 3.63) is 29.8 Å². The molecule has 0 fully saturated rings. The Balaban J connectivity index is 2.28. The zero-order valence-corrected chi connectivity index (χ0v) is 15.2. The lowest BCUT2D eigenvalue weighted by Gasteiger charge is -2.18. The fourth-order valence-corrected chi connectivity index (χ4v) is 2.06. The Morgan fingerprint density at radius 1 is 1.21 bits per heavy atom. The number of hydrogen-bond acceptors (Lipinski definition) is 3. The van der Waals surface area contributed by atoms with Crippen LogP contribution in [-0.2, 0) is 4.79 Å². The number of rotatable bonds is 9. The highest BCUT2D eigenvalue weighted by molar-refractivity contribution is 5.81. The lowest BCUT2D eigenvalue weighted by molar-refractivity contribution is -0.120. The highest BCUT2D eigenvalue weighted by Crippen LogP contribution is 2.17. The van der Waals surface area contributed by atoms with Crippen molar-refractivity contribution in [2.45, 2.75) is 39.7 Å². The summed E-state index contributed by atoms with van der Waals surface area (Å²) < 4.78 is 5.92. The van der Waals surface area contributed by atoms with Gasteiger partial charge in [-0.2, -0.15) is 0 Å². The van der Waals surface area contributed by atoms with Crippen molar-refractivity contribution in [1.82, 2.24) is 16.0 Å². The molecule has 0 spiro atoms. The number of aryl methyl sites for hydroxylation is 1. The summed E-state index contributed by atoms with van der Waals surface area (Å²) in [5, 5.41) is 9.19. The van der Waals surface area contributed by atoms with Gasteiger partial charge in [0, 0.05) is 26.6 Å². The van der Waals surface area contributed by atoms with Gasteiger partial charge >= 0.3 is 0 Å². The average molecular weight is 334 g/mol. The molecule has 1 unspecified atom stereocenters. The highest BCUT2D eigenvalue weighted by Gasteiger charge is 2.07. The van der Waals surface area contributed by atoms with Gasteiger partial charge in [0.25, 0.3) is 0 Å². The second-order valence-corrected chi connectivity index (χ2v) is 5.67. The molecule has 1 rings (SSSR count). The first-order valence-corrected chi connectivity index (χ1v) is 8.50. The molecule has 3 N–H and O–H groups in total. The third kappa shape index (κ3) is 7.85. The Labute approximate surface area is 145 Å². The number of carbonyl (C=O) groups excluding carboxylic acids is 1. The standard InChI is InChI=1S/C18H30N4O2/c1-5-11-20-17(23)10-12-21-18(19-4)22-13-15(3)24-16-9-7-6-8-14(16)2/h6-9,15H,5,10-13H2,1-4H3,(H,20,23)(H2,19,21,22). The lowest BCUT2D eigenvalue weighted by atomic mass is 10.2. The number of nitrogens with one attached hydrogen (secondary N) is 3. The van der Waals surface area contributed by atoms with Crippen LogP contribution in [0.4, 0.5) is 0 Å². The molecule has 0 aliphatic carbocycles. The monoisotopic (exact) mass is 334 g/mol. The molecule has 1 amide bonds. The van der Waals surface area contributed by atoms with E-state index in [2.05, 4.69) is 20.9 Å². The molecule has 0 aliphatic rings. The second-order valence-electron chi connectivity index (χ2n) is 5.67. The molecule has 6 nitrogen and oxygen atoms in total. The first kappa shape index (κ1) is 19.8. The molecule has 24 heavy (non-hydrogen) atoms. The van der Waals surface area contributed by atoms with Crippen LogP contribution in [-0.4, -0.2) is 44.7 Å². The third-order valence-electron chi connectivity index (χ3n) is 3.42. The summed E-state index contributed by atoms with van der Waals surface area (Å²) in [6, 6.07) is 7.95. The topological polar surface area (TPSA) is 74.8 Å². The lowest BCUT2D eigenvalue weighted by Crippen LogP contribution is -2.43. The van der Waals surface area contributed by atoms with Crippen LogP contribution >= 0.6 is 0 Å². The number of guanidine groups is 1. The Bertz CT molecular complexity index is 532. The molecule has 0 saturated carbocycles. The van der Waals surface area contributed by atoms with Gasteiger partial charge in [-0.05, 0) is 31.9 Å². The molecule has 134 valence electrons. The van der Waals surface area contributed by atoms with E-state index in [9.17, 15) is 4.79 Å². The van der Waals surface area contributed by atoms with Gasteiger partial charge in [0.05, 0.1) is 6.54 Å². The molecule has 0 radical (unpaired) electrons. The van der Waals surface area contributed by atoms with Crippen molar-refractivity contribution in [1.29, 1.82) is 0 Å². The summed E-state index contributed by atoms with van der Waals surface area (Å²) in [5.41, 5.74) is 1.12. The Hall–Kier alpha value is -2.24. The predicted molar refractivity (Wildman–Crippen MR) is 98.6 cm³/mol. The molecule has 0 bridgehead atoms. The van der Waals surface area contributed by atoms with Gasteiger partial charge in [-0.3, -0.25) is 9.79 Å². The van der Waals surface area contributed by atoms with Gasteiger partial charge in [-0.25, -0.2) is 0 Å². The van der Waals surface area contributed by atoms with Gasteiger partial charge in [-0.15, -0.1) is 0 Å². The summed E-state index contributed by atoms with van der Waals surface area (Å²) >= 11 is 0. The van der Waals surface area contributed by atoms with E-state index in [1.165, 1.54) is 0 Å². The van der Waals surface area contributed by atoms with E-state index in [1.807, 2.05) is 45.0 Å². The summed E-state index contributed by atoms with van der Waals surface area (Å²) in [6.07, 6.45) is 1.37. The summed E-state index contributed by atoms with van der Waals surface area (Å²) in [4.78, 5) is 15.7. The van der Waals surface area contributed by atoms with Crippen molar-refractivity contribution < 1.29 is 9.53 Å². The van der Waals surface area contributed by atoms with Crippen LogP contribution < -0.4 is 20.7 Å². The third-order valence-corrected chi connectivity index (χ3v) is 3.42. The smallest absolute Gasteiger partial charge is 0.221 e. The minimum atomic E-state index is -0.00231. The maximum absolute atomic E-state index is 11.5. The minimum Gasteiger partial charge on any atom is -0.489 e. The molecular weight excluding hydrogens is 304 g/mol. The largest absolute Gasteiger partial charge is 0.489 e. The molecule has 0 aromatic heterocycles. The molecule has 6 heteroatoms. The van der Waals surface area contributed by atoms with Gasteiger partial charge in [0.2, 0.25) is 5.91 Å². The van der Waals surface area contributed by atoms with Crippen LogP contribution in [0.1, 0.15) is 32.3 Å². The number of aliphatic imine (C=N–C) groups is 1. The van der Waals surface area contributed by atoms with E-state index in [0.29, 0.717) is 25.5 Å². The maximum atomic E-state index is 11.5. The predicted octanol–water partition coefficient (Wildman–Crippen LogP) is 1.84. The number of para-hydroxylation sites is 1. The minimum absolute atomic E-state index is 0.00231.